The highest BCUT2D eigenvalue weighted by atomic mass is 28.2. The first-order chi connectivity index (χ1) is 38.5. The summed E-state index contributed by atoms with van der Waals surface area (Å²) in [6, 6.07) is 111. The van der Waals surface area contributed by atoms with Crippen LogP contribution >= 0.6 is 0 Å². The molecule has 2 atom stereocenters. The topological polar surface area (TPSA) is 0 Å². The lowest BCUT2D eigenvalue weighted by Gasteiger charge is -2.42. The van der Waals surface area contributed by atoms with Gasteiger partial charge in [-0.15, -0.1) is 0 Å². The predicted octanol–water partition coefficient (Wildman–Crippen LogP) is 18.4. The van der Waals surface area contributed by atoms with Crippen molar-refractivity contribution in [2.24, 2.45) is 0 Å². The van der Waals surface area contributed by atoms with Crippen molar-refractivity contribution in [1.82, 2.24) is 0 Å². The summed E-state index contributed by atoms with van der Waals surface area (Å²) in [5.41, 5.74) is 16.3. The standard InChI is InChI=1S/C76H58Si2/c1-77-73(65-41-39-53-23-15-19-35-61(53)49-65)69(57-27-7-3-8-28-57)71(59-31-11-5-12-32-59)75(77,67-45-43-55-25-17-21-37-63(55)51-67)47-48-76(68-46-44-56-26-18-22-38-64(56)52-68)72(60-33-13-6-14-34-60)70(58-29-9-4-10-30-58)74(78(76)2)66-42-40-54-24-16-20-36-62(54)50-66/h3-46,49-52H,47-48H2,1-2H3. The van der Waals surface area contributed by atoms with Crippen molar-refractivity contribution in [3.63, 3.8) is 0 Å². The smallest absolute Gasteiger partial charge is 0.0343 e. The summed E-state index contributed by atoms with van der Waals surface area (Å²) in [7, 11) is -3.16. The molecule has 0 aromatic heterocycles. The van der Waals surface area contributed by atoms with E-state index < -0.39 is 26.9 Å². The maximum Gasteiger partial charge on any atom is 0.0343 e. The molecule has 2 unspecified atom stereocenters. The Morgan fingerprint density at radius 3 is 0.846 bits per heavy atom. The number of fused-ring (bicyclic) bond motifs is 4. The zero-order chi connectivity index (χ0) is 52.2. The zero-order valence-electron chi connectivity index (χ0n) is 44.1. The molecule has 0 radical (unpaired) electrons. The van der Waals surface area contributed by atoms with E-state index in [1.807, 2.05) is 0 Å². The van der Waals surface area contributed by atoms with Gasteiger partial charge in [-0.2, -0.15) is 0 Å². The Hall–Kier alpha value is -8.67. The quantitative estimate of drug-likeness (QED) is 0.113. The second kappa shape index (κ2) is 19.7. The van der Waals surface area contributed by atoms with Gasteiger partial charge in [0.25, 0.3) is 0 Å². The van der Waals surface area contributed by atoms with Gasteiger partial charge in [-0.05, 0) is 145 Å². The van der Waals surface area contributed by atoms with Gasteiger partial charge in [0.1, 0.15) is 0 Å². The molecule has 12 aromatic rings. The number of hydrogen-bond donors (Lipinski definition) is 0. The number of hydrogen-bond acceptors (Lipinski definition) is 0. The van der Waals surface area contributed by atoms with Crippen LogP contribution in [0.5, 0.6) is 0 Å². The van der Waals surface area contributed by atoms with Crippen LogP contribution in [0.4, 0.5) is 0 Å². The first kappa shape index (κ1) is 47.8. The Morgan fingerprint density at radius 1 is 0.244 bits per heavy atom. The zero-order valence-corrected chi connectivity index (χ0v) is 46.1. The molecule has 0 amide bonds. The molecule has 2 aliphatic heterocycles. The molecule has 0 nitrogen and oxygen atoms in total. The Balaban J connectivity index is 1.13. The molecule has 2 aliphatic rings. The number of rotatable bonds is 11. The lowest BCUT2D eigenvalue weighted by molar-refractivity contribution is 0.567. The van der Waals surface area contributed by atoms with Crippen LogP contribution in [0.3, 0.4) is 0 Å². The first-order valence-corrected chi connectivity index (χ1v) is 31.6. The lowest BCUT2D eigenvalue weighted by Crippen LogP contribution is -2.43. The van der Waals surface area contributed by atoms with E-state index in [-0.39, 0.29) is 0 Å². The van der Waals surface area contributed by atoms with E-state index in [1.54, 1.807) is 0 Å². The van der Waals surface area contributed by atoms with E-state index in [0.717, 1.165) is 12.8 Å². The van der Waals surface area contributed by atoms with E-state index in [0.29, 0.717) is 0 Å². The molecule has 2 heterocycles. The Bertz CT molecular complexity index is 4140. The summed E-state index contributed by atoms with van der Waals surface area (Å²) in [5, 5.41) is 12.4. The van der Waals surface area contributed by atoms with Crippen LogP contribution in [-0.4, -0.2) is 27.2 Å². The van der Waals surface area contributed by atoms with E-state index in [1.165, 1.54) is 120 Å². The minimum absolute atomic E-state index is 0.408. The summed E-state index contributed by atoms with van der Waals surface area (Å²) in [5.74, 6) is 0. The molecule has 0 aliphatic carbocycles. The van der Waals surface area contributed by atoms with Crippen LogP contribution in [-0.2, 0) is 10.1 Å². The number of allylic oxidation sites excluding steroid dienone is 4. The third-order valence-electron chi connectivity index (χ3n) is 17.6. The molecule has 0 N–H and O–H groups in total. The van der Waals surface area contributed by atoms with Crippen molar-refractivity contribution in [1.29, 1.82) is 0 Å². The van der Waals surface area contributed by atoms with Gasteiger partial charge in [-0.25, -0.2) is 0 Å². The first-order valence-electron chi connectivity index (χ1n) is 27.6. The van der Waals surface area contributed by atoms with Crippen molar-refractivity contribution in [3.05, 3.63) is 336 Å². The molecule has 0 fully saturated rings. The fourth-order valence-electron chi connectivity index (χ4n) is 14.0. The third-order valence-corrected chi connectivity index (χ3v) is 24.3. The Labute approximate surface area is 461 Å². The Kier molecular flexibility index (Phi) is 12.1. The highest BCUT2D eigenvalue weighted by Crippen LogP contribution is 2.58. The second-order valence-corrected chi connectivity index (χ2v) is 26.7. The van der Waals surface area contributed by atoms with Crippen LogP contribution < -0.4 is 0 Å². The maximum atomic E-state index is 2.67. The molecule has 14 rings (SSSR count). The molecular weight excluding hydrogens is 969 g/mol. The van der Waals surface area contributed by atoms with Gasteiger partial charge in [0, 0.05) is 26.9 Å². The summed E-state index contributed by atoms with van der Waals surface area (Å²) in [6.07, 6.45) is 1.85. The van der Waals surface area contributed by atoms with Crippen molar-refractivity contribution in [2.45, 2.75) is 36.0 Å². The monoisotopic (exact) mass is 1030 g/mol. The van der Waals surface area contributed by atoms with Crippen LogP contribution in [0.25, 0.3) is 65.4 Å². The molecule has 12 aromatic carbocycles. The molecule has 0 saturated heterocycles. The van der Waals surface area contributed by atoms with E-state index >= 15 is 0 Å². The second-order valence-electron chi connectivity index (χ2n) is 21.5. The highest BCUT2D eigenvalue weighted by molar-refractivity contribution is 6.89. The van der Waals surface area contributed by atoms with Gasteiger partial charge in [-0.1, -0.05) is 292 Å². The summed E-state index contributed by atoms with van der Waals surface area (Å²) in [4.78, 5) is 0. The van der Waals surface area contributed by atoms with E-state index in [2.05, 4.69) is 304 Å². The SMILES string of the molecule is C[Si]1=C(c2ccc3ccccc3c2)C(c2ccccc2)=C(c2ccccc2)C1(CCC1(c2ccc3ccccc3c2)C(c2ccccc2)=C(c2ccccc2)C(c2ccc3ccccc3c2)=[Si]1C)c1ccc2ccccc2c1. The molecule has 0 bridgehead atoms. The van der Waals surface area contributed by atoms with Gasteiger partial charge in [-0.3, -0.25) is 0 Å². The molecule has 0 saturated carbocycles. The van der Waals surface area contributed by atoms with Gasteiger partial charge in [0.05, 0.1) is 0 Å². The predicted molar refractivity (Wildman–Crippen MR) is 339 cm³/mol. The number of benzene rings is 12. The average molecular weight is 1030 g/mol. The molecular formula is C76H58Si2. The van der Waals surface area contributed by atoms with Crippen LogP contribution in [0, 0.1) is 0 Å². The van der Waals surface area contributed by atoms with Crippen LogP contribution in [0.1, 0.15) is 57.3 Å². The molecule has 0 spiro atoms. The van der Waals surface area contributed by atoms with Crippen molar-refractivity contribution < 1.29 is 0 Å². The fourth-order valence-corrected chi connectivity index (χ4v) is 20.7. The van der Waals surface area contributed by atoms with Gasteiger partial charge in [0.15, 0.2) is 0 Å². The largest absolute Gasteiger partial charge is 0.0622 e. The van der Waals surface area contributed by atoms with Gasteiger partial charge < -0.3 is 0 Å². The van der Waals surface area contributed by atoms with Gasteiger partial charge >= 0.3 is 0 Å². The third kappa shape index (κ3) is 7.85. The fraction of sp³-hybridized carbons (Fsp3) is 0.0789. The average Bonchev–Trinajstić information content (AvgIpc) is 3.85. The molecule has 78 heavy (non-hydrogen) atoms. The van der Waals surface area contributed by atoms with Crippen LogP contribution in [0.15, 0.2) is 291 Å². The summed E-state index contributed by atoms with van der Waals surface area (Å²) < 4.78 is 0. The summed E-state index contributed by atoms with van der Waals surface area (Å²) >= 11 is 0. The summed E-state index contributed by atoms with van der Waals surface area (Å²) in [6.45, 7) is 5.35. The lowest BCUT2D eigenvalue weighted by atomic mass is 9.72. The highest BCUT2D eigenvalue weighted by Gasteiger charge is 2.53. The normalized spacial score (nSPS) is 17.6. The van der Waals surface area contributed by atoms with Crippen molar-refractivity contribution in [2.75, 3.05) is 0 Å². The van der Waals surface area contributed by atoms with Crippen molar-refractivity contribution >= 4 is 92.5 Å². The minimum Gasteiger partial charge on any atom is -0.0622 e. The maximum absolute atomic E-state index is 2.67. The minimum atomic E-state index is -1.58. The van der Waals surface area contributed by atoms with E-state index in [4.69, 9.17) is 0 Å². The van der Waals surface area contributed by atoms with Gasteiger partial charge in [0.2, 0.25) is 0 Å². The molecule has 2 heteroatoms. The van der Waals surface area contributed by atoms with Crippen molar-refractivity contribution in [3.8, 4) is 0 Å². The van der Waals surface area contributed by atoms with E-state index in [9.17, 15) is 0 Å². The molecule has 370 valence electrons. The Morgan fingerprint density at radius 2 is 0.513 bits per heavy atom. The van der Waals surface area contributed by atoms with Crippen LogP contribution in [0.2, 0.25) is 13.1 Å².